The zero-order valence-corrected chi connectivity index (χ0v) is 11.1. The Balaban J connectivity index is 4.92. The van der Waals surface area contributed by atoms with Crippen LogP contribution in [-0.2, 0) is 18.2 Å². The first-order valence-corrected chi connectivity index (χ1v) is 5.63. The fraction of sp³-hybridized carbons (Fsp3) is 0.800. The van der Waals surface area contributed by atoms with Crippen molar-refractivity contribution in [1.29, 1.82) is 0 Å². The van der Waals surface area contributed by atoms with Gasteiger partial charge in [0.25, 0.3) is 0 Å². The van der Waals surface area contributed by atoms with E-state index in [0.717, 1.165) is 0 Å². The Labute approximate surface area is 98.8 Å². The summed E-state index contributed by atoms with van der Waals surface area (Å²) in [7, 11) is 0. The minimum absolute atomic E-state index is 0.238. The summed E-state index contributed by atoms with van der Waals surface area (Å²) in [6.45, 7) is 7.00. The Hall–Kier alpha value is -0.580. The standard InChI is InChI=1S/C10H17BrO4/c1-5-10(6-2,9(13)15-11)8(12)14-7(3)4/h7H,5-6H2,1-4H3. The van der Waals surface area contributed by atoms with Crippen LogP contribution in [0.25, 0.3) is 0 Å². The van der Waals surface area contributed by atoms with E-state index in [4.69, 9.17) is 4.74 Å². The lowest BCUT2D eigenvalue weighted by molar-refractivity contribution is -0.169. The van der Waals surface area contributed by atoms with Gasteiger partial charge in [0.1, 0.15) is 0 Å². The molecule has 0 aromatic heterocycles. The van der Waals surface area contributed by atoms with Crippen molar-refractivity contribution in [2.45, 2.75) is 46.6 Å². The molecular formula is C10H17BrO4. The number of hydrogen-bond donors (Lipinski definition) is 0. The Bertz CT molecular complexity index is 234. The summed E-state index contributed by atoms with van der Waals surface area (Å²) in [5.41, 5.74) is -1.19. The van der Waals surface area contributed by atoms with Gasteiger partial charge in [-0.05, 0) is 26.7 Å². The van der Waals surface area contributed by atoms with E-state index in [2.05, 4.69) is 20.1 Å². The van der Waals surface area contributed by atoms with Gasteiger partial charge in [0.05, 0.1) is 6.10 Å². The van der Waals surface area contributed by atoms with Crippen molar-refractivity contribution in [1.82, 2.24) is 0 Å². The number of carbonyl (C=O) groups excluding carboxylic acids is 2. The fourth-order valence-electron chi connectivity index (χ4n) is 1.31. The van der Waals surface area contributed by atoms with Gasteiger partial charge in [-0.2, -0.15) is 0 Å². The number of hydrogen-bond acceptors (Lipinski definition) is 4. The minimum atomic E-state index is -1.19. The van der Waals surface area contributed by atoms with Crippen LogP contribution in [0.15, 0.2) is 0 Å². The summed E-state index contributed by atoms with van der Waals surface area (Å²) in [5.74, 6) is -1.12. The van der Waals surface area contributed by atoms with Gasteiger partial charge in [-0.25, -0.2) is 4.79 Å². The van der Waals surface area contributed by atoms with Crippen LogP contribution in [0.2, 0.25) is 0 Å². The second kappa shape index (κ2) is 6.10. The molecule has 0 amide bonds. The molecule has 0 spiro atoms. The van der Waals surface area contributed by atoms with Crippen LogP contribution in [0.1, 0.15) is 40.5 Å². The van der Waals surface area contributed by atoms with E-state index in [1.165, 1.54) is 0 Å². The highest BCUT2D eigenvalue weighted by atomic mass is 79.9. The molecule has 15 heavy (non-hydrogen) atoms. The molecule has 0 aliphatic carbocycles. The smallest absolute Gasteiger partial charge is 0.334 e. The molecule has 0 aliphatic heterocycles. The molecular weight excluding hydrogens is 264 g/mol. The Morgan fingerprint density at radius 1 is 1.20 bits per heavy atom. The van der Waals surface area contributed by atoms with E-state index < -0.39 is 17.4 Å². The maximum absolute atomic E-state index is 11.8. The maximum atomic E-state index is 11.8. The summed E-state index contributed by atoms with van der Waals surface area (Å²) in [5, 5.41) is 0. The highest BCUT2D eigenvalue weighted by molar-refractivity contribution is 9.06. The van der Waals surface area contributed by atoms with Crippen molar-refractivity contribution in [3.63, 3.8) is 0 Å². The Kier molecular flexibility index (Phi) is 5.87. The Morgan fingerprint density at radius 3 is 1.93 bits per heavy atom. The van der Waals surface area contributed by atoms with E-state index >= 15 is 0 Å². The average Bonchev–Trinajstić information content (AvgIpc) is 2.19. The largest absolute Gasteiger partial charge is 0.462 e. The lowest BCUT2D eigenvalue weighted by Gasteiger charge is -2.26. The molecule has 0 saturated heterocycles. The quantitative estimate of drug-likeness (QED) is 0.574. The van der Waals surface area contributed by atoms with Gasteiger partial charge in [0, 0.05) is 0 Å². The van der Waals surface area contributed by atoms with Gasteiger partial charge >= 0.3 is 11.9 Å². The van der Waals surface area contributed by atoms with Gasteiger partial charge in [-0.15, -0.1) is 0 Å². The third-order valence-electron chi connectivity index (χ3n) is 2.40. The molecule has 0 N–H and O–H groups in total. The summed E-state index contributed by atoms with van der Waals surface area (Å²) in [4.78, 5) is 23.3. The molecule has 0 heterocycles. The molecule has 0 aromatic rings. The summed E-state index contributed by atoms with van der Waals surface area (Å²) < 4.78 is 9.53. The molecule has 0 aliphatic rings. The van der Waals surface area contributed by atoms with Gasteiger partial charge in [0.2, 0.25) is 0 Å². The van der Waals surface area contributed by atoms with Gasteiger partial charge < -0.3 is 8.57 Å². The van der Waals surface area contributed by atoms with Crippen LogP contribution < -0.4 is 0 Å². The predicted molar refractivity (Wildman–Crippen MR) is 59.3 cm³/mol. The van der Waals surface area contributed by atoms with Gasteiger partial charge in [0.15, 0.2) is 21.7 Å². The zero-order valence-electron chi connectivity index (χ0n) is 9.50. The van der Waals surface area contributed by atoms with Crippen LogP contribution in [-0.4, -0.2) is 18.0 Å². The van der Waals surface area contributed by atoms with Crippen molar-refractivity contribution >= 4 is 28.2 Å². The molecule has 0 rings (SSSR count). The first-order valence-electron chi connectivity index (χ1n) is 4.98. The molecule has 0 aromatic carbocycles. The van der Waals surface area contributed by atoms with E-state index in [1.54, 1.807) is 27.7 Å². The van der Waals surface area contributed by atoms with Gasteiger partial charge in [-0.3, -0.25) is 4.79 Å². The average molecular weight is 281 g/mol. The van der Waals surface area contributed by atoms with Crippen molar-refractivity contribution in [2.24, 2.45) is 5.41 Å². The number of halogens is 1. The molecule has 0 radical (unpaired) electrons. The Morgan fingerprint density at radius 2 is 1.67 bits per heavy atom. The fourth-order valence-corrected chi connectivity index (χ4v) is 1.62. The lowest BCUT2D eigenvalue weighted by atomic mass is 9.82. The second-order valence-electron chi connectivity index (χ2n) is 3.61. The molecule has 0 bridgehead atoms. The summed E-state index contributed by atoms with van der Waals surface area (Å²) >= 11 is 2.61. The SMILES string of the molecule is CCC(CC)(C(=O)OBr)C(=O)OC(C)C. The predicted octanol–water partition coefficient (Wildman–Crippen LogP) is 2.60. The normalized spacial score (nSPS) is 11.3. The first-order chi connectivity index (χ1) is 6.94. The lowest BCUT2D eigenvalue weighted by Crippen LogP contribution is -2.41. The monoisotopic (exact) mass is 280 g/mol. The number of carbonyl (C=O) groups is 2. The van der Waals surface area contributed by atoms with Crippen molar-refractivity contribution in [2.75, 3.05) is 0 Å². The molecule has 0 atom stereocenters. The van der Waals surface area contributed by atoms with Crippen LogP contribution in [0.3, 0.4) is 0 Å². The van der Waals surface area contributed by atoms with Crippen molar-refractivity contribution < 1.29 is 18.2 Å². The molecule has 0 fully saturated rings. The topological polar surface area (TPSA) is 52.6 Å². The van der Waals surface area contributed by atoms with E-state index in [0.29, 0.717) is 12.8 Å². The van der Waals surface area contributed by atoms with Crippen LogP contribution >= 0.6 is 16.3 Å². The van der Waals surface area contributed by atoms with E-state index in [-0.39, 0.29) is 6.10 Å². The van der Waals surface area contributed by atoms with Gasteiger partial charge in [-0.1, -0.05) is 13.8 Å². The minimum Gasteiger partial charge on any atom is -0.462 e. The summed E-state index contributed by atoms with van der Waals surface area (Å²) in [6.07, 6.45) is 0.483. The highest BCUT2D eigenvalue weighted by Gasteiger charge is 2.46. The number of ether oxygens (including phenoxy) is 1. The van der Waals surface area contributed by atoms with Crippen LogP contribution in [0.5, 0.6) is 0 Å². The highest BCUT2D eigenvalue weighted by Crippen LogP contribution is 2.31. The number of rotatable bonds is 5. The third kappa shape index (κ3) is 3.19. The molecule has 0 unspecified atom stereocenters. The molecule has 4 nitrogen and oxygen atoms in total. The third-order valence-corrected chi connectivity index (χ3v) is 2.70. The summed E-state index contributed by atoms with van der Waals surface area (Å²) in [6, 6.07) is 0. The molecule has 5 heteroatoms. The molecule has 88 valence electrons. The first kappa shape index (κ1) is 14.4. The van der Waals surface area contributed by atoms with Crippen molar-refractivity contribution in [3.05, 3.63) is 0 Å². The number of esters is 1. The second-order valence-corrected chi connectivity index (χ2v) is 3.93. The molecule has 0 saturated carbocycles. The van der Waals surface area contributed by atoms with Crippen LogP contribution in [0.4, 0.5) is 0 Å². The maximum Gasteiger partial charge on any atom is 0.334 e. The van der Waals surface area contributed by atoms with E-state index in [1.807, 2.05) is 0 Å². The van der Waals surface area contributed by atoms with Crippen LogP contribution in [0, 0.1) is 5.41 Å². The van der Waals surface area contributed by atoms with E-state index in [9.17, 15) is 9.59 Å². The van der Waals surface area contributed by atoms with Crippen molar-refractivity contribution in [3.8, 4) is 0 Å². The zero-order chi connectivity index (χ0) is 12.1.